The summed E-state index contributed by atoms with van der Waals surface area (Å²) in [5.74, 6) is 0.848. The maximum Gasteiger partial charge on any atom is 0.248 e. The molecule has 3 aromatic carbocycles. The molecule has 1 heterocycles. The summed E-state index contributed by atoms with van der Waals surface area (Å²) in [6.07, 6.45) is 1.85. The summed E-state index contributed by atoms with van der Waals surface area (Å²) < 4.78 is 1.99. The second-order valence-corrected chi connectivity index (χ2v) is 11.0. The molecule has 0 aliphatic rings. The van der Waals surface area contributed by atoms with Crippen LogP contribution in [0.4, 0.5) is 0 Å². The maximum absolute atomic E-state index is 12.7. The van der Waals surface area contributed by atoms with Crippen LogP contribution in [-0.4, -0.2) is 31.5 Å². The van der Waals surface area contributed by atoms with E-state index >= 15 is 0 Å². The molecule has 0 saturated carbocycles. The van der Waals surface area contributed by atoms with E-state index in [0.29, 0.717) is 5.16 Å². The minimum atomic E-state index is -0.206. The van der Waals surface area contributed by atoms with Crippen LogP contribution in [0.25, 0.3) is 22.8 Å². The number of carbonyl (C=O) groups excluding carboxylic acids is 1. The number of aromatic nitrogens is 3. The first-order chi connectivity index (χ1) is 18.2. The van der Waals surface area contributed by atoms with Crippen LogP contribution < -0.4 is 10.9 Å². The van der Waals surface area contributed by atoms with E-state index in [4.69, 9.17) is 0 Å². The van der Waals surface area contributed by atoms with Crippen LogP contribution in [-0.2, 0) is 10.2 Å². The molecule has 0 bridgehead atoms. The van der Waals surface area contributed by atoms with E-state index in [1.807, 2.05) is 36.6 Å². The zero-order chi connectivity index (χ0) is 27.3. The lowest BCUT2D eigenvalue weighted by molar-refractivity contribution is -0.119. The third-order valence-electron chi connectivity index (χ3n) is 6.07. The van der Waals surface area contributed by atoms with Gasteiger partial charge in [-0.3, -0.25) is 20.2 Å². The molecular formula is C30H33N5O2S. The number of thioether (sulfide) groups is 1. The summed E-state index contributed by atoms with van der Waals surface area (Å²) in [6, 6.07) is 23.3. The first kappa shape index (κ1) is 27.0. The number of amides is 1. The van der Waals surface area contributed by atoms with Crippen molar-refractivity contribution >= 4 is 23.4 Å². The van der Waals surface area contributed by atoms with Gasteiger partial charge in [-0.05, 0) is 66.8 Å². The van der Waals surface area contributed by atoms with Crippen LogP contribution in [0.15, 0.2) is 84.0 Å². The summed E-state index contributed by atoms with van der Waals surface area (Å²) >= 11 is 1.32. The zero-order valence-electron chi connectivity index (χ0n) is 22.3. The average Bonchev–Trinajstić information content (AvgIpc) is 3.32. The molecule has 0 aliphatic carbocycles. The van der Waals surface area contributed by atoms with E-state index in [9.17, 15) is 9.90 Å². The first-order valence-electron chi connectivity index (χ1n) is 12.4. The molecule has 0 saturated heterocycles. The van der Waals surface area contributed by atoms with Gasteiger partial charge in [-0.1, -0.05) is 80.6 Å². The van der Waals surface area contributed by atoms with Gasteiger partial charge >= 0.3 is 0 Å². The van der Waals surface area contributed by atoms with E-state index in [-0.39, 0.29) is 22.8 Å². The SMILES string of the molecule is C/C=C(\NNC(=O)CSc1nnc(-c2ccc(C(C)(C)C)cc2)n1-c1ccc(C)cc1)c1ccc(O)cc1. The predicted molar refractivity (Wildman–Crippen MR) is 154 cm³/mol. The summed E-state index contributed by atoms with van der Waals surface area (Å²) in [4.78, 5) is 12.7. The lowest BCUT2D eigenvalue weighted by atomic mass is 9.87. The number of hydrogen-bond acceptors (Lipinski definition) is 6. The molecule has 8 heteroatoms. The van der Waals surface area contributed by atoms with Gasteiger partial charge in [-0.2, -0.15) is 0 Å². The Hall–Kier alpha value is -4.04. The van der Waals surface area contributed by atoms with Gasteiger partial charge in [0, 0.05) is 11.3 Å². The van der Waals surface area contributed by atoms with E-state index < -0.39 is 0 Å². The van der Waals surface area contributed by atoms with Crippen LogP contribution in [0.3, 0.4) is 0 Å². The van der Waals surface area contributed by atoms with E-state index in [1.165, 1.54) is 17.3 Å². The summed E-state index contributed by atoms with van der Waals surface area (Å²) in [6.45, 7) is 10.5. The normalized spacial score (nSPS) is 11.9. The fraction of sp³-hybridized carbons (Fsp3) is 0.233. The molecule has 196 valence electrons. The standard InChI is InChI=1S/C30H33N5O2S/c1-6-26(21-11-17-25(36)18-12-21)31-32-27(37)19-38-29-34-33-28(35(29)24-15-7-20(2)8-16-24)22-9-13-23(14-10-22)30(3,4)5/h6-18,31,36H,19H2,1-5H3,(H,32,37)/b26-6-. The summed E-state index contributed by atoms with van der Waals surface area (Å²) in [5, 5.41) is 19.1. The lowest BCUT2D eigenvalue weighted by Crippen LogP contribution is -2.37. The molecule has 7 nitrogen and oxygen atoms in total. The highest BCUT2D eigenvalue weighted by molar-refractivity contribution is 7.99. The lowest BCUT2D eigenvalue weighted by Gasteiger charge is -2.19. The van der Waals surface area contributed by atoms with Crippen molar-refractivity contribution in [2.75, 3.05) is 5.75 Å². The molecule has 1 aromatic heterocycles. The van der Waals surface area contributed by atoms with Crippen molar-refractivity contribution in [2.24, 2.45) is 0 Å². The molecule has 0 atom stereocenters. The fourth-order valence-corrected chi connectivity index (χ4v) is 4.60. The second-order valence-electron chi connectivity index (χ2n) is 10.0. The largest absolute Gasteiger partial charge is 0.508 e. The van der Waals surface area contributed by atoms with Crippen molar-refractivity contribution in [3.63, 3.8) is 0 Å². The Kier molecular flexibility index (Phi) is 8.22. The highest BCUT2D eigenvalue weighted by Gasteiger charge is 2.19. The van der Waals surface area contributed by atoms with Crippen LogP contribution in [0.2, 0.25) is 0 Å². The number of phenols is 1. The zero-order valence-corrected chi connectivity index (χ0v) is 23.1. The Morgan fingerprint density at radius 3 is 2.21 bits per heavy atom. The topological polar surface area (TPSA) is 92.1 Å². The minimum Gasteiger partial charge on any atom is -0.508 e. The van der Waals surface area contributed by atoms with Gasteiger partial charge in [-0.25, -0.2) is 0 Å². The Morgan fingerprint density at radius 1 is 0.947 bits per heavy atom. The number of allylic oxidation sites excluding steroid dienone is 1. The van der Waals surface area contributed by atoms with Crippen molar-refractivity contribution in [1.82, 2.24) is 25.6 Å². The highest BCUT2D eigenvalue weighted by Crippen LogP contribution is 2.30. The number of carbonyl (C=O) groups is 1. The number of hydrazine groups is 1. The van der Waals surface area contributed by atoms with Crippen LogP contribution >= 0.6 is 11.8 Å². The van der Waals surface area contributed by atoms with Crippen LogP contribution in [0, 0.1) is 6.92 Å². The molecule has 0 spiro atoms. The molecule has 0 radical (unpaired) electrons. The van der Waals surface area contributed by atoms with Crippen molar-refractivity contribution in [1.29, 1.82) is 0 Å². The molecular weight excluding hydrogens is 494 g/mol. The number of benzene rings is 3. The molecule has 0 fully saturated rings. The van der Waals surface area contributed by atoms with Gasteiger partial charge in [-0.15, -0.1) is 10.2 Å². The predicted octanol–water partition coefficient (Wildman–Crippen LogP) is 6.02. The number of hydrogen-bond donors (Lipinski definition) is 3. The first-order valence-corrected chi connectivity index (χ1v) is 13.4. The number of nitrogens with one attached hydrogen (secondary N) is 2. The Balaban J connectivity index is 1.52. The fourth-order valence-electron chi connectivity index (χ4n) is 3.85. The van der Waals surface area contributed by atoms with Gasteiger partial charge in [0.25, 0.3) is 0 Å². The quantitative estimate of drug-likeness (QED) is 0.192. The monoisotopic (exact) mass is 527 g/mol. The molecule has 0 unspecified atom stereocenters. The molecule has 4 rings (SSSR count). The third-order valence-corrected chi connectivity index (χ3v) is 7.00. The molecule has 38 heavy (non-hydrogen) atoms. The number of phenolic OH excluding ortho intramolecular Hbond substituents is 1. The third kappa shape index (κ3) is 6.44. The average molecular weight is 528 g/mol. The van der Waals surface area contributed by atoms with Gasteiger partial charge in [0.1, 0.15) is 5.75 Å². The van der Waals surface area contributed by atoms with Crippen molar-refractivity contribution in [3.05, 3.63) is 95.6 Å². The van der Waals surface area contributed by atoms with Crippen molar-refractivity contribution in [2.45, 2.75) is 45.2 Å². The van der Waals surface area contributed by atoms with E-state index in [0.717, 1.165) is 33.9 Å². The maximum atomic E-state index is 12.7. The molecule has 0 aliphatic heterocycles. The Labute approximate surface area is 228 Å². The van der Waals surface area contributed by atoms with Gasteiger partial charge < -0.3 is 5.11 Å². The molecule has 3 N–H and O–H groups in total. The highest BCUT2D eigenvalue weighted by atomic mass is 32.2. The second kappa shape index (κ2) is 11.6. The smallest absolute Gasteiger partial charge is 0.248 e. The van der Waals surface area contributed by atoms with Crippen molar-refractivity contribution in [3.8, 4) is 22.8 Å². The Morgan fingerprint density at radius 2 is 1.61 bits per heavy atom. The van der Waals surface area contributed by atoms with Gasteiger partial charge in [0.2, 0.25) is 5.91 Å². The Bertz CT molecular complexity index is 1420. The number of aryl methyl sites for hydroxylation is 1. The van der Waals surface area contributed by atoms with Crippen LogP contribution in [0.5, 0.6) is 5.75 Å². The molecule has 4 aromatic rings. The van der Waals surface area contributed by atoms with E-state index in [2.05, 4.69) is 78.2 Å². The number of nitrogens with zero attached hydrogens (tertiary/aromatic N) is 3. The number of aromatic hydroxyl groups is 1. The van der Waals surface area contributed by atoms with Crippen molar-refractivity contribution < 1.29 is 9.90 Å². The number of rotatable bonds is 8. The van der Waals surface area contributed by atoms with Gasteiger partial charge in [0.05, 0.1) is 11.4 Å². The van der Waals surface area contributed by atoms with Crippen LogP contribution in [0.1, 0.15) is 44.4 Å². The summed E-state index contributed by atoms with van der Waals surface area (Å²) in [5.41, 5.74) is 11.6. The van der Waals surface area contributed by atoms with Gasteiger partial charge in [0.15, 0.2) is 11.0 Å². The molecule has 1 amide bonds. The van der Waals surface area contributed by atoms with E-state index in [1.54, 1.807) is 24.3 Å². The minimum absolute atomic E-state index is 0.0562. The summed E-state index contributed by atoms with van der Waals surface area (Å²) in [7, 11) is 0.